The highest BCUT2D eigenvalue weighted by atomic mass is 32.1. The average Bonchev–Trinajstić information content (AvgIpc) is 2.19. The van der Waals surface area contributed by atoms with Crippen LogP contribution in [0.2, 0.25) is 0 Å². The molecule has 68 valence electrons. The van der Waals surface area contributed by atoms with Crippen LogP contribution in [0, 0.1) is 0 Å². The summed E-state index contributed by atoms with van der Waals surface area (Å²) >= 11 is 4.77. The molecule has 0 spiro atoms. The molecule has 2 heteroatoms. The van der Waals surface area contributed by atoms with Gasteiger partial charge in [-0.1, -0.05) is 48.6 Å². The number of benzene rings is 1. The number of thiocarbonyl (C=S) groups is 1. The molecule has 1 atom stereocenters. The Balaban J connectivity index is 2.75. The summed E-state index contributed by atoms with van der Waals surface area (Å²) in [4.78, 5) is 0. The summed E-state index contributed by atoms with van der Waals surface area (Å²) in [5.74, 6) is 0. The second-order valence-electron chi connectivity index (χ2n) is 2.77. The van der Waals surface area contributed by atoms with Gasteiger partial charge in [0.05, 0.1) is 11.5 Å². The second-order valence-corrected chi connectivity index (χ2v) is 3.01. The first-order valence-corrected chi connectivity index (χ1v) is 4.71. The Labute approximate surface area is 84.5 Å². The van der Waals surface area contributed by atoms with Crippen molar-refractivity contribution in [2.45, 2.75) is 12.5 Å². The third-order valence-corrected chi connectivity index (χ3v) is 2.01. The minimum Gasteiger partial charge on any atom is -0.375 e. The smallest absolute Gasteiger partial charge is 0.0619 e. The lowest BCUT2D eigenvalue weighted by Gasteiger charge is -2.14. The van der Waals surface area contributed by atoms with Gasteiger partial charge in [0.15, 0.2) is 0 Å². The molecule has 1 aromatic rings. The molecule has 0 bridgehead atoms. The predicted octanol–water partition coefficient (Wildman–Crippen LogP) is 2.85. The summed E-state index contributed by atoms with van der Waals surface area (Å²) in [6.45, 7) is 3.72. The average molecular weight is 191 g/mol. The van der Waals surface area contributed by atoms with E-state index in [4.69, 9.17) is 12.2 Å². The number of rotatable bonds is 5. The van der Waals surface area contributed by atoms with Crippen LogP contribution in [0.15, 0.2) is 43.0 Å². The molecule has 0 saturated carbocycles. The van der Waals surface area contributed by atoms with Crippen molar-refractivity contribution in [1.82, 2.24) is 5.32 Å². The van der Waals surface area contributed by atoms with Crippen LogP contribution in [-0.4, -0.2) is 5.49 Å². The zero-order valence-electron chi connectivity index (χ0n) is 7.44. The largest absolute Gasteiger partial charge is 0.375 e. The molecule has 1 nitrogen and oxygen atoms in total. The molecule has 0 radical (unpaired) electrons. The number of nitrogens with one attached hydrogen (secondary N) is 1. The fourth-order valence-corrected chi connectivity index (χ4v) is 1.40. The molecule has 0 heterocycles. The van der Waals surface area contributed by atoms with Gasteiger partial charge in [0, 0.05) is 0 Å². The molecule has 0 aliphatic rings. The first kappa shape index (κ1) is 9.93. The summed E-state index contributed by atoms with van der Waals surface area (Å²) in [6, 6.07) is 10.5. The van der Waals surface area contributed by atoms with Crippen LogP contribution >= 0.6 is 12.2 Å². The molecular weight excluding hydrogens is 178 g/mol. The van der Waals surface area contributed by atoms with Gasteiger partial charge >= 0.3 is 0 Å². The molecule has 0 aromatic heterocycles. The van der Waals surface area contributed by atoms with E-state index in [-0.39, 0.29) is 6.04 Å². The van der Waals surface area contributed by atoms with Crippen molar-refractivity contribution in [3.8, 4) is 0 Å². The van der Waals surface area contributed by atoms with E-state index >= 15 is 0 Å². The number of hydrogen-bond acceptors (Lipinski definition) is 1. The van der Waals surface area contributed by atoms with Crippen LogP contribution in [0.1, 0.15) is 18.0 Å². The Kier molecular flexibility index (Phi) is 4.19. The Hall–Kier alpha value is -1.15. The fraction of sp³-hybridized carbons (Fsp3) is 0.182. The maximum absolute atomic E-state index is 4.77. The topological polar surface area (TPSA) is 12.0 Å². The van der Waals surface area contributed by atoms with Crippen molar-refractivity contribution in [2.75, 3.05) is 0 Å². The van der Waals surface area contributed by atoms with Gasteiger partial charge in [0.2, 0.25) is 0 Å². The Morgan fingerprint density at radius 2 is 2.08 bits per heavy atom. The maximum atomic E-state index is 4.77. The lowest BCUT2D eigenvalue weighted by molar-refractivity contribution is 0.671. The third kappa shape index (κ3) is 2.99. The highest BCUT2D eigenvalue weighted by Crippen LogP contribution is 2.15. The van der Waals surface area contributed by atoms with Crippen LogP contribution in [0.5, 0.6) is 0 Å². The summed E-state index contributed by atoms with van der Waals surface area (Å²) < 4.78 is 0. The highest BCUT2D eigenvalue weighted by Gasteiger charge is 2.05. The van der Waals surface area contributed by atoms with Gasteiger partial charge in [0.25, 0.3) is 0 Å². The van der Waals surface area contributed by atoms with Gasteiger partial charge in [-0.05, 0) is 12.0 Å². The fourth-order valence-electron chi connectivity index (χ4n) is 1.23. The molecule has 0 aliphatic carbocycles. The minimum absolute atomic E-state index is 0.260. The molecule has 0 amide bonds. The standard InChI is InChI=1S/C11H13NS/c1-2-6-11(12-9-13)10-7-4-3-5-8-10/h2-5,7-9,11H,1,6H2,(H,12,13). The zero-order valence-corrected chi connectivity index (χ0v) is 8.26. The number of hydrogen-bond donors (Lipinski definition) is 1. The van der Waals surface area contributed by atoms with Crippen molar-refractivity contribution in [1.29, 1.82) is 0 Å². The molecule has 13 heavy (non-hydrogen) atoms. The van der Waals surface area contributed by atoms with Gasteiger partial charge in [-0.15, -0.1) is 6.58 Å². The first-order chi connectivity index (χ1) is 6.38. The Morgan fingerprint density at radius 3 is 2.62 bits per heavy atom. The van der Waals surface area contributed by atoms with Gasteiger partial charge in [-0.2, -0.15) is 0 Å². The second kappa shape index (κ2) is 5.49. The van der Waals surface area contributed by atoms with Crippen molar-refractivity contribution < 1.29 is 0 Å². The Morgan fingerprint density at radius 1 is 1.38 bits per heavy atom. The predicted molar refractivity (Wildman–Crippen MR) is 60.8 cm³/mol. The summed E-state index contributed by atoms with van der Waals surface area (Å²) in [5.41, 5.74) is 2.80. The first-order valence-electron chi connectivity index (χ1n) is 4.24. The van der Waals surface area contributed by atoms with Gasteiger partial charge < -0.3 is 5.32 Å². The summed E-state index contributed by atoms with van der Waals surface area (Å²) in [5, 5.41) is 3.12. The van der Waals surface area contributed by atoms with Crippen molar-refractivity contribution in [3.05, 3.63) is 48.6 Å². The monoisotopic (exact) mass is 191 g/mol. The molecule has 1 unspecified atom stereocenters. The van der Waals surface area contributed by atoms with E-state index in [0.29, 0.717) is 0 Å². The summed E-state index contributed by atoms with van der Waals surface area (Å²) in [7, 11) is 0. The molecular formula is C11H13NS. The zero-order chi connectivity index (χ0) is 9.52. The van der Waals surface area contributed by atoms with E-state index in [9.17, 15) is 0 Å². The third-order valence-electron chi connectivity index (χ3n) is 1.87. The van der Waals surface area contributed by atoms with Gasteiger partial charge in [0.1, 0.15) is 0 Å². The quantitative estimate of drug-likeness (QED) is 0.567. The van der Waals surface area contributed by atoms with Crippen LogP contribution in [0.3, 0.4) is 0 Å². The molecule has 1 aromatic carbocycles. The van der Waals surface area contributed by atoms with E-state index in [1.165, 1.54) is 5.56 Å². The maximum Gasteiger partial charge on any atom is 0.0619 e. The Bertz CT molecular complexity index is 259. The molecule has 1 rings (SSSR count). The van der Waals surface area contributed by atoms with Gasteiger partial charge in [-0.3, -0.25) is 0 Å². The van der Waals surface area contributed by atoms with Crippen molar-refractivity contribution in [3.63, 3.8) is 0 Å². The molecule has 0 fully saturated rings. The van der Waals surface area contributed by atoms with E-state index in [2.05, 4.69) is 24.0 Å². The van der Waals surface area contributed by atoms with Crippen LogP contribution in [0.25, 0.3) is 0 Å². The van der Waals surface area contributed by atoms with Gasteiger partial charge in [-0.25, -0.2) is 0 Å². The lowest BCUT2D eigenvalue weighted by Crippen LogP contribution is -2.17. The molecule has 0 aliphatic heterocycles. The van der Waals surface area contributed by atoms with Crippen LogP contribution in [-0.2, 0) is 0 Å². The van der Waals surface area contributed by atoms with E-state index < -0.39 is 0 Å². The van der Waals surface area contributed by atoms with Crippen molar-refractivity contribution >= 4 is 17.7 Å². The molecule has 1 N–H and O–H groups in total. The van der Waals surface area contributed by atoms with E-state index in [1.807, 2.05) is 24.3 Å². The summed E-state index contributed by atoms with van der Waals surface area (Å²) in [6.07, 6.45) is 2.78. The minimum atomic E-state index is 0.260. The molecule has 0 saturated heterocycles. The van der Waals surface area contributed by atoms with Crippen molar-refractivity contribution in [2.24, 2.45) is 0 Å². The van der Waals surface area contributed by atoms with Crippen LogP contribution < -0.4 is 5.32 Å². The SMILES string of the molecule is C=CCC(NC=S)c1ccccc1. The highest BCUT2D eigenvalue weighted by molar-refractivity contribution is 7.78. The van der Waals surface area contributed by atoms with E-state index in [0.717, 1.165) is 6.42 Å². The van der Waals surface area contributed by atoms with Crippen LogP contribution in [0.4, 0.5) is 0 Å². The lowest BCUT2D eigenvalue weighted by atomic mass is 10.0. The normalized spacial score (nSPS) is 11.7. The van der Waals surface area contributed by atoms with E-state index in [1.54, 1.807) is 5.49 Å².